The number of ether oxygens (including phenoxy) is 1. The predicted molar refractivity (Wildman–Crippen MR) is 164 cm³/mol. The third-order valence-corrected chi connectivity index (χ3v) is 6.80. The van der Waals surface area contributed by atoms with Gasteiger partial charge in [0.15, 0.2) is 0 Å². The minimum Gasteiger partial charge on any atom is -0.508 e. The van der Waals surface area contributed by atoms with E-state index in [1.807, 2.05) is 13.8 Å². The molecule has 0 fully saturated rings. The maximum absolute atomic E-state index is 14.6. The van der Waals surface area contributed by atoms with Crippen LogP contribution in [0.3, 0.4) is 0 Å². The summed E-state index contributed by atoms with van der Waals surface area (Å²) in [7, 11) is 0. The van der Waals surface area contributed by atoms with Gasteiger partial charge >= 0.3 is 6.09 Å². The SMILES string of the molecule is CCCCNC(=O)C(c1cccc(O)c1)N(C(=O)C(Cc1ccc(O)cc1)NC(=O)OC(C)(C)C)C(C)CCC(C)C. The summed E-state index contributed by atoms with van der Waals surface area (Å²) in [4.78, 5) is 42.9. The number of phenolic OH excluding ortho intramolecular Hbond substituents is 2. The standard InChI is InChI=1S/C33H49N3O6/c1-8-9-19-34-30(39)29(25-11-10-12-27(38)21-25)36(23(4)14-13-22(2)3)31(40)28(35-32(41)42-33(5,6)7)20-24-15-17-26(37)18-16-24/h10-12,15-18,21-23,28-29,37-38H,8-9,13-14,19-20H2,1-7H3,(H,34,39)(H,35,41). The van der Waals surface area contributed by atoms with E-state index >= 15 is 0 Å². The summed E-state index contributed by atoms with van der Waals surface area (Å²) in [5, 5.41) is 25.8. The number of amides is 3. The Morgan fingerprint density at radius 3 is 2.19 bits per heavy atom. The minimum absolute atomic E-state index is 0.0198. The number of nitrogens with zero attached hydrogens (tertiary/aromatic N) is 1. The first kappa shape index (κ1) is 34.5. The van der Waals surface area contributed by atoms with E-state index in [1.54, 1.807) is 49.9 Å². The Balaban J connectivity index is 2.62. The number of hydrogen-bond acceptors (Lipinski definition) is 6. The van der Waals surface area contributed by atoms with Gasteiger partial charge in [-0.1, -0.05) is 51.5 Å². The van der Waals surface area contributed by atoms with Crippen molar-refractivity contribution in [2.24, 2.45) is 5.92 Å². The van der Waals surface area contributed by atoms with Crippen LogP contribution in [-0.4, -0.2) is 57.3 Å². The van der Waals surface area contributed by atoms with Gasteiger partial charge in [-0.05, 0) is 88.3 Å². The topological polar surface area (TPSA) is 128 Å². The van der Waals surface area contributed by atoms with Crippen LogP contribution in [0, 0.1) is 5.92 Å². The summed E-state index contributed by atoms with van der Waals surface area (Å²) in [5.74, 6) is -0.384. The lowest BCUT2D eigenvalue weighted by atomic mass is 9.95. The molecular formula is C33H49N3O6. The summed E-state index contributed by atoms with van der Waals surface area (Å²) in [6.45, 7) is 13.8. The highest BCUT2D eigenvalue weighted by Gasteiger charge is 2.39. The summed E-state index contributed by atoms with van der Waals surface area (Å²) < 4.78 is 5.50. The molecule has 9 nitrogen and oxygen atoms in total. The lowest BCUT2D eigenvalue weighted by Crippen LogP contribution is -2.56. The van der Waals surface area contributed by atoms with E-state index in [1.165, 1.54) is 24.3 Å². The number of rotatable bonds is 14. The number of hydrogen-bond donors (Lipinski definition) is 4. The van der Waals surface area contributed by atoms with Gasteiger partial charge in [0.2, 0.25) is 11.8 Å². The average Bonchev–Trinajstić information content (AvgIpc) is 2.89. The van der Waals surface area contributed by atoms with Crippen molar-refractivity contribution in [2.75, 3.05) is 6.54 Å². The van der Waals surface area contributed by atoms with E-state index in [2.05, 4.69) is 24.5 Å². The van der Waals surface area contributed by atoms with E-state index in [9.17, 15) is 24.6 Å². The van der Waals surface area contributed by atoms with Gasteiger partial charge < -0.3 is 30.5 Å². The average molecular weight is 584 g/mol. The first-order chi connectivity index (χ1) is 19.7. The van der Waals surface area contributed by atoms with Gasteiger partial charge in [0.05, 0.1) is 0 Å². The fraction of sp³-hybridized carbons (Fsp3) is 0.545. The van der Waals surface area contributed by atoms with Crippen LogP contribution in [-0.2, 0) is 20.7 Å². The zero-order valence-corrected chi connectivity index (χ0v) is 26.1. The zero-order chi connectivity index (χ0) is 31.4. The Kier molecular flexibility index (Phi) is 13.2. The van der Waals surface area contributed by atoms with Crippen molar-refractivity contribution in [3.63, 3.8) is 0 Å². The Morgan fingerprint density at radius 2 is 1.62 bits per heavy atom. The van der Waals surface area contributed by atoms with Crippen LogP contribution in [0.5, 0.6) is 11.5 Å². The van der Waals surface area contributed by atoms with Crippen LogP contribution in [0.4, 0.5) is 4.79 Å². The number of nitrogens with one attached hydrogen (secondary N) is 2. The van der Waals surface area contributed by atoms with Crippen molar-refractivity contribution in [3.05, 3.63) is 59.7 Å². The van der Waals surface area contributed by atoms with E-state index in [0.717, 1.165) is 19.3 Å². The molecule has 0 aromatic heterocycles. The molecule has 0 saturated heterocycles. The smallest absolute Gasteiger partial charge is 0.408 e. The van der Waals surface area contributed by atoms with Crippen LogP contribution in [0.15, 0.2) is 48.5 Å². The van der Waals surface area contributed by atoms with Gasteiger partial charge in [0, 0.05) is 19.0 Å². The molecule has 42 heavy (non-hydrogen) atoms. The maximum Gasteiger partial charge on any atom is 0.408 e. The molecular weight excluding hydrogens is 534 g/mol. The van der Waals surface area contributed by atoms with Gasteiger partial charge in [-0.15, -0.1) is 0 Å². The molecule has 232 valence electrons. The minimum atomic E-state index is -1.07. The highest BCUT2D eigenvalue weighted by atomic mass is 16.6. The first-order valence-corrected chi connectivity index (χ1v) is 14.9. The van der Waals surface area contributed by atoms with Crippen molar-refractivity contribution in [2.45, 2.75) is 104 Å². The monoisotopic (exact) mass is 583 g/mol. The van der Waals surface area contributed by atoms with E-state index in [-0.39, 0.29) is 29.9 Å². The van der Waals surface area contributed by atoms with E-state index < -0.39 is 29.7 Å². The third kappa shape index (κ3) is 11.3. The van der Waals surface area contributed by atoms with Gasteiger partial charge in [-0.2, -0.15) is 0 Å². The van der Waals surface area contributed by atoms with Crippen molar-refractivity contribution < 1.29 is 29.3 Å². The van der Waals surface area contributed by atoms with Gasteiger partial charge in [-0.3, -0.25) is 9.59 Å². The number of benzene rings is 2. The number of unbranched alkanes of at least 4 members (excludes halogenated alkanes) is 1. The lowest BCUT2D eigenvalue weighted by Gasteiger charge is -2.39. The summed E-state index contributed by atoms with van der Waals surface area (Å²) >= 11 is 0. The summed E-state index contributed by atoms with van der Waals surface area (Å²) in [5.41, 5.74) is 0.386. The van der Waals surface area contributed by atoms with Crippen LogP contribution < -0.4 is 10.6 Å². The highest BCUT2D eigenvalue weighted by molar-refractivity contribution is 5.92. The third-order valence-electron chi connectivity index (χ3n) is 6.80. The largest absolute Gasteiger partial charge is 0.508 e. The van der Waals surface area contributed by atoms with Crippen molar-refractivity contribution >= 4 is 17.9 Å². The zero-order valence-electron chi connectivity index (χ0n) is 26.1. The molecule has 0 spiro atoms. The number of carbonyl (C=O) groups is 3. The van der Waals surface area contributed by atoms with Crippen molar-refractivity contribution in [1.82, 2.24) is 15.5 Å². The quantitative estimate of drug-likeness (QED) is 0.207. The molecule has 0 saturated carbocycles. The molecule has 4 N–H and O–H groups in total. The molecule has 0 heterocycles. The van der Waals surface area contributed by atoms with Crippen LogP contribution in [0.2, 0.25) is 0 Å². The normalized spacial score (nSPS) is 13.6. The second-order valence-corrected chi connectivity index (χ2v) is 12.3. The van der Waals surface area contributed by atoms with Gasteiger partial charge in [-0.25, -0.2) is 4.79 Å². The molecule has 0 aliphatic rings. The molecule has 2 aromatic carbocycles. The molecule has 3 unspecified atom stereocenters. The van der Waals surface area contributed by atoms with Gasteiger partial charge in [0.25, 0.3) is 0 Å². The fourth-order valence-electron chi connectivity index (χ4n) is 4.63. The number of alkyl carbamates (subject to hydrolysis) is 1. The Bertz CT molecular complexity index is 1160. The molecule has 2 rings (SSSR count). The van der Waals surface area contributed by atoms with E-state index in [0.29, 0.717) is 30.0 Å². The van der Waals surface area contributed by atoms with Crippen LogP contribution >= 0.6 is 0 Å². The van der Waals surface area contributed by atoms with Crippen LogP contribution in [0.25, 0.3) is 0 Å². The predicted octanol–water partition coefficient (Wildman–Crippen LogP) is 5.84. The number of carbonyl (C=O) groups excluding carboxylic acids is 3. The molecule has 0 aliphatic heterocycles. The molecule has 0 aliphatic carbocycles. The number of phenols is 2. The first-order valence-electron chi connectivity index (χ1n) is 14.9. The van der Waals surface area contributed by atoms with Crippen LogP contribution in [0.1, 0.15) is 91.3 Å². The second kappa shape index (κ2) is 16.0. The molecule has 0 radical (unpaired) electrons. The lowest BCUT2D eigenvalue weighted by molar-refractivity contribution is -0.145. The Morgan fingerprint density at radius 1 is 0.952 bits per heavy atom. The van der Waals surface area contributed by atoms with Crippen molar-refractivity contribution in [1.29, 1.82) is 0 Å². The molecule has 3 atom stereocenters. The van der Waals surface area contributed by atoms with Crippen molar-refractivity contribution in [3.8, 4) is 11.5 Å². The molecule has 0 bridgehead atoms. The van der Waals surface area contributed by atoms with Gasteiger partial charge in [0.1, 0.15) is 29.2 Å². The molecule has 2 aromatic rings. The Labute approximate surface area is 250 Å². The fourth-order valence-corrected chi connectivity index (χ4v) is 4.63. The Hall–Kier alpha value is -3.75. The summed E-state index contributed by atoms with van der Waals surface area (Å²) in [6.07, 6.45) is 2.46. The molecule has 9 heteroatoms. The summed E-state index contributed by atoms with van der Waals surface area (Å²) in [6, 6.07) is 10.3. The molecule has 3 amide bonds. The van der Waals surface area contributed by atoms with E-state index in [4.69, 9.17) is 4.74 Å². The second-order valence-electron chi connectivity index (χ2n) is 12.3. The number of aromatic hydroxyl groups is 2. The maximum atomic E-state index is 14.6. The highest BCUT2D eigenvalue weighted by Crippen LogP contribution is 2.30.